The third kappa shape index (κ3) is 3.13. The lowest BCUT2D eigenvalue weighted by atomic mass is 10.1. The van der Waals surface area contributed by atoms with E-state index in [0.29, 0.717) is 5.56 Å². The van der Waals surface area contributed by atoms with Crippen molar-refractivity contribution in [3.8, 4) is 0 Å². The maximum Gasteiger partial charge on any atom is 0.253 e. The number of carbonyl (C=O) groups is 1. The molecule has 1 aromatic carbocycles. The van der Waals surface area contributed by atoms with Gasteiger partial charge in [-0.2, -0.15) is 0 Å². The third-order valence-electron chi connectivity index (χ3n) is 3.07. The Bertz CT molecular complexity index is 436. The summed E-state index contributed by atoms with van der Waals surface area (Å²) in [5.41, 5.74) is 0.335. The number of likely N-dealkylation sites (N-methyl/N-ethyl adjacent to an activating group) is 1. The third-order valence-corrected chi connectivity index (χ3v) is 3.38. The summed E-state index contributed by atoms with van der Waals surface area (Å²) in [4.78, 5) is 13.7. The standard InChI is InChI=1S/C12H14ClFN2O.ClH/c1-16(9-4-5-15-7-9)12(17)8-2-3-10(13)11(14)6-8;/h2-3,6,9,15H,4-5,7H2,1H3;1H. The van der Waals surface area contributed by atoms with Crippen molar-refractivity contribution in [2.75, 3.05) is 20.1 Å². The summed E-state index contributed by atoms with van der Waals surface area (Å²) < 4.78 is 13.3. The summed E-state index contributed by atoms with van der Waals surface area (Å²) in [7, 11) is 1.74. The van der Waals surface area contributed by atoms with Crippen LogP contribution in [0.25, 0.3) is 0 Å². The van der Waals surface area contributed by atoms with Crippen LogP contribution in [0.15, 0.2) is 18.2 Å². The van der Waals surface area contributed by atoms with Gasteiger partial charge in [-0.15, -0.1) is 12.4 Å². The fourth-order valence-electron chi connectivity index (χ4n) is 1.97. The number of nitrogens with zero attached hydrogens (tertiary/aromatic N) is 1. The van der Waals surface area contributed by atoms with Crippen molar-refractivity contribution in [2.24, 2.45) is 0 Å². The molecule has 3 nitrogen and oxygen atoms in total. The minimum atomic E-state index is -0.560. The zero-order valence-corrected chi connectivity index (χ0v) is 11.5. The number of halogens is 3. The first-order valence-corrected chi connectivity index (χ1v) is 5.90. The molecule has 1 aromatic rings. The second kappa shape index (κ2) is 6.36. The summed E-state index contributed by atoms with van der Waals surface area (Å²) in [5.74, 6) is -0.732. The van der Waals surface area contributed by atoms with E-state index in [1.807, 2.05) is 0 Å². The number of benzene rings is 1. The van der Waals surface area contributed by atoms with Crippen LogP contribution < -0.4 is 5.32 Å². The average Bonchev–Trinajstić information content (AvgIpc) is 2.84. The summed E-state index contributed by atoms with van der Waals surface area (Å²) in [6.07, 6.45) is 0.929. The van der Waals surface area contributed by atoms with Crippen molar-refractivity contribution in [3.05, 3.63) is 34.6 Å². The highest BCUT2D eigenvalue weighted by molar-refractivity contribution is 6.30. The van der Waals surface area contributed by atoms with E-state index in [1.54, 1.807) is 18.0 Å². The molecule has 1 unspecified atom stereocenters. The van der Waals surface area contributed by atoms with Crippen molar-refractivity contribution >= 4 is 29.9 Å². The molecule has 0 spiro atoms. The smallest absolute Gasteiger partial charge is 0.253 e. The van der Waals surface area contributed by atoms with Gasteiger partial charge < -0.3 is 10.2 Å². The maximum atomic E-state index is 13.3. The van der Waals surface area contributed by atoms with Crippen LogP contribution >= 0.6 is 24.0 Å². The molecule has 1 atom stereocenters. The highest BCUT2D eigenvalue weighted by atomic mass is 35.5. The van der Waals surface area contributed by atoms with Crippen molar-refractivity contribution in [1.82, 2.24) is 10.2 Å². The van der Waals surface area contributed by atoms with Gasteiger partial charge >= 0.3 is 0 Å². The molecule has 0 radical (unpaired) electrons. The summed E-state index contributed by atoms with van der Waals surface area (Å²) >= 11 is 5.58. The Labute approximate surface area is 117 Å². The largest absolute Gasteiger partial charge is 0.337 e. The van der Waals surface area contributed by atoms with Crippen LogP contribution in [0.5, 0.6) is 0 Å². The lowest BCUT2D eigenvalue weighted by Gasteiger charge is -2.23. The minimum Gasteiger partial charge on any atom is -0.337 e. The molecule has 1 heterocycles. The zero-order valence-electron chi connectivity index (χ0n) is 9.95. The quantitative estimate of drug-likeness (QED) is 0.907. The number of carbonyl (C=O) groups excluding carboxylic acids is 1. The molecule has 18 heavy (non-hydrogen) atoms. The van der Waals surface area contributed by atoms with Gasteiger partial charge in [-0.1, -0.05) is 11.6 Å². The molecule has 1 N–H and O–H groups in total. The van der Waals surface area contributed by atoms with Crippen LogP contribution in [0.1, 0.15) is 16.8 Å². The van der Waals surface area contributed by atoms with Gasteiger partial charge in [0.1, 0.15) is 5.82 Å². The van der Waals surface area contributed by atoms with Gasteiger partial charge in [0.15, 0.2) is 0 Å². The van der Waals surface area contributed by atoms with Gasteiger partial charge in [-0.25, -0.2) is 4.39 Å². The molecule has 6 heteroatoms. The van der Waals surface area contributed by atoms with Gasteiger partial charge in [0.05, 0.1) is 5.02 Å². The van der Waals surface area contributed by atoms with Crippen molar-refractivity contribution in [3.63, 3.8) is 0 Å². The van der Waals surface area contributed by atoms with Crippen LogP contribution in [0.3, 0.4) is 0 Å². The number of nitrogens with one attached hydrogen (secondary N) is 1. The van der Waals surface area contributed by atoms with E-state index >= 15 is 0 Å². The monoisotopic (exact) mass is 292 g/mol. The van der Waals surface area contributed by atoms with Crippen molar-refractivity contribution in [1.29, 1.82) is 0 Å². The molecule has 0 saturated carbocycles. The molecule has 0 aromatic heterocycles. The van der Waals surface area contributed by atoms with Gasteiger partial charge in [0.25, 0.3) is 5.91 Å². The van der Waals surface area contributed by atoms with Crippen LogP contribution in [0.4, 0.5) is 4.39 Å². The molecule has 1 saturated heterocycles. The van der Waals surface area contributed by atoms with Gasteiger partial charge in [0, 0.05) is 25.2 Å². The first-order valence-electron chi connectivity index (χ1n) is 5.52. The number of hydrogen-bond acceptors (Lipinski definition) is 2. The van der Waals surface area contributed by atoms with E-state index in [2.05, 4.69) is 5.32 Å². The van der Waals surface area contributed by atoms with Gasteiger partial charge in [0.2, 0.25) is 0 Å². The second-order valence-electron chi connectivity index (χ2n) is 4.19. The van der Waals surface area contributed by atoms with Crippen molar-refractivity contribution < 1.29 is 9.18 Å². The molecule has 2 rings (SSSR count). The summed E-state index contributed by atoms with van der Waals surface area (Å²) in [5, 5.41) is 3.23. The van der Waals surface area contributed by atoms with E-state index in [9.17, 15) is 9.18 Å². The number of rotatable bonds is 2. The van der Waals surface area contributed by atoms with E-state index in [0.717, 1.165) is 19.5 Å². The first kappa shape index (κ1) is 15.2. The predicted octanol–water partition coefficient (Wildman–Crippen LogP) is 2.33. The predicted molar refractivity (Wildman–Crippen MR) is 72.0 cm³/mol. The Kier molecular flexibility index (Phi) is 5.38. The fraction of sp³-hybridized carbons (Fsp3) is 0.417. The molecule has 1 aliphatic rings. The lowest BCUT2D eigenvalue weighted by Crippen LogP contribution is -2.38. The lowest BCUT2D eigenvalue weighted by molar-refractivity contribution is 0.0743. The topological polar surface area (TPSA) is 32.3 Å². The maximum absolute atomic E-state index is 13.3. The van der Waals surface area contributed by atoms with Crippen LogP contribution in [-0.4, -0.2) is 37.0 Å². The van der Waals surface area contributed by atoms with Crippen molar-refractivity contribution in [2.45, 2.75) is 12.5 Å². The van der Waals surface area contributed by atoms with E-state index in [-0.39, 0.29) is 29.4 Å². The minimum absolute atomic E-state index is 0. The van der Waals surface area contributed by atoms with E-state index in [1.165, 1.54) is 12.1 Å². The summed E-state index contributed by atoms with van der Waals surface area (Å²) in [6.45, 7) is 1.70. The number of hydrogen-bond donors (Lipinski definition) is 1. The second-order valence-corrected chi connectivity index (χ2v) is 4.60. The van der Waals surface area contributed by atoms with Crippen LogP contribution in [0, 0.1) is 5.82 Å². The Morgan fingerprint density at radius 2 is 2.28 bits per heavy atom. The van der Waals surface area contributed by atoms with E-state index in [4.69, 9.17) is 11.6 Å². The fourth-order valence-corrected chi connectivity index (χ4v) is 2.09. The highest BCUT2D eigenvalue weighted by Gasteiger charge is 2.24. The summed E-state index contributed by atoms with van der Waals surface area (Å²) in [6, 6.07) is 4.32. The van der Waals surface area contributed by atoms with Crippen LogP contribution in [0.2, 0.25) is 5.02 Å². The van der Waals surface area contributed by atoms with Crippen LogP contribution in [-0.2, 0) is 0 Å². The molecule has 1 amide bonds. The normalized spacial score (nSPS) is 18.3. The number of amides is 1. The molecular weight excluding hydrogens is 278 g/mol. The zero-order chi connectivity index (χ0) is 12.4. The molecule has 100 valence electrons. The Morgan fingerprint density at radius 1 is 1.56 bits per heavy atom. The van der Waals surface area contributed by atoms with E-state index < -0.39 is 5.82 Å². The molecule has 1 fully saturated rings. The van der Waals surface area contributed by atoms with Gasteiger partial charge in [-0.05, 0) is 31.2 Å². The molecule has 1 aliphatic heterocycles. The Morgan fingerprint density at radius 3 is 2.83 bits per heavy atom. The Balaban J connectivity index is 0.00000162. The Hall–Kier alpha value is -0.840. The molecule has 0 bridgehead atoms. The highest BCUT2D eigenvalue weighted by Crippen LogP contribution is 2.18. The van der Waals surface area contributed by atoms with Gasteiger partial charge in [-0.3, -0.25) is 4.79 Å². The molecular formula is C12H15Cl2FN2O. The first-order chi connectivity index (χ1) is 8.09. The molecule has 0 aliphatic carbocycles. The SMILES string of the molecule is CN(C(=O)c1ccc(Cl)c(F)c1)C1CCNC1.Cl. The average molecular weight is 293 g/mol.